The number of methoxy groups -OCH3 is 1. The highest BCUT2D eigenvalue weighted by Gasteiger charge is 2.41. The molecule has 3 rings (SSSR count). The Morgan fingerprint density at radius 3 is 2.45 bits per heavy atom. The summed E-state index contributed by atoms with van der Waals surface area (Å²) in [6.07, 6.45) is 1.55. The lowest BCUT2D eigenvalue weighted by Crippen LogP contribution is -2.49. The maximum absolute atomic E-state index is 13.5. The van der Waals surface area contributed by atoms with Gasteiger partial charge in [-0.15, -0.1) is 0 Å². The summed E-state index contributed by atoms with van der Waals surface area (Å²) in [6.45, 7) is 3.97. The quantitative estimate of drug-likeness (QED) is 0.792. The van der Waals surface area contributed by atoms with Gasteiger partial charge in [0.05, 0.1) is 19.1 Å². The molecule has 0 radical (unpaired) electrons. The van der Waals surface area contributed by atoms with Gasteiger partial charge >= 0.3 is 0 Å². The maximum atomic E-state index is 13.5. The number of carbonyl (C=O) groups excluding carboxylic acids is 2. The average molecular weight is 398 g/mol. The predicted octanol–water partition coefficient (Wildman–Crippen LogP) is 4.23. The molecule has 1 heterocycles. The molecule has 1 fully saturated rings. The molecule has 5 nitrogen and oxygen atoms in total. The minimum Gasteiger partial charge on any atom is -0.497 e. The molecule has 1 aliphatic rings. The first kappa shape index (κ1) is 20.8. The van der Waals surface area contributed by atoms with Crippen LogP contribution in [0, 0.1) is 11.7 Å². The minimum absolute atomic E-state index is 0.0448. The lowest BCUT2D eigenvalue weighted by atomic mass is 9.83. The van der Waals surface area contributed by atoms with Crippen molar-refractivity contribution in [3.05, 3.63) is 59.9 Å². The Labute approximate surface area is 170 Å². The molecule has 2 aromatic rings. The van der Waals surface area contributed by atoms with Crippen LogP contribution in [0.15, 0.2) is 48.5 Å². The second-order valence-electron chi connectivity index (χ2n) is 7.42. The number of nitrogens with zero attached hydrogens (tertiary/aromatic N) is 1. The molecule has 3 unspecified atom stereocenters. The van der Waals surface area contributed by atoms with Gasteiger partial charge in [-0.05, 0) is 61.7 Å². The Bertz CT molecular complexity index is 851. The summed E-state index contributed by atoms with van der Waals surface area (Å²) in [5, 5.41) is 3.04. The van der Waals surface area contributed by atoms with Crippen LogP contribution in [0.2, 0.25) is 0 Å². The summed E-state index contributed by atoms with van der Waals surface area (Å²) in [5.74, 6) is -0.235. The third-order valence-corrected chi connectivity index (χ3v) is 5.50. The van der Waals surface area contributed by atoms with Crippen LogP contribution in [0.5, 0.6) is 5.75 Å². The number of benzene rings is 2. The Morgan fingerprint density at radius 1 is 1.21 bits per heavy atom. The summed E-state index contributed by atoms with van der Waals surface area (Å²) in [4.78, 5) is 27.7. The first-order chi connectivity index (χ1) is 13.9. The fraction of sp³-hybridized carbons (Fsp3) is 0.391. The molecular weight excluding hydrogens is 371 g/mol. The zero-order valence-corrected chi connectivity index (χ0v) is 17.0. The minimum atomic E-state index is -0.505. The number of halogens is 1. The molecule has 2 aromatic carbocycles. The molecule has 6 heteroatoms. The Kier molecular flexibility index (Phi) is 6.52. The number of piperidine rings is 1. The van der Waals surface area contributed by atoms with Crippen LogP contribution < -0.4 is 15.0 Å². The number of rotatable bonds is 6. The molecule has 1 N–H and O–H groups in total. The topological polar surface area (TPSA) is 58.6 Å². The van der Waals surface area contributed by atoms with Crippen LogP contribution in [0.25, 0.3) is 0 Å². The molecular formula is C23H27FN2O3. The molecule has 0 bridgehead atoms. The van der Waals surface area contributed by atoms with Gasteiger partial charge in [0.1, 0.15) is 11.6 Å². The summed E-state index contributed by atoms with van der Waals surface area (Å²) in [6, 6.07) is 12.8. The predicted molar refractivity (Wildman–Crippen MR) is 110 cm³/mol. The van der Waals surface area contributed by atoms with Gasteiger partial charge < -0.3 is 15.0 Å². The van der Waals surface area contributed by atoms with E-state index in [2.05, 4.69) is 5.32 Å². The van der Waals surface area contributed by atoms with Crippen molar-refractivity contribution < 1.29 is 18.7 Å². The van der Waals surface area contributed by atoms with Crippen LogP contribution in [-0.4, -0.2) is 25.0 Å². The van der Waals surface area contributed by atoms with Crippen molar-refractivity contribution in [3.8, 4) is 5.75 Å². The third kappa shape index (κ3) is 4.58. The van der Waals surface area contributed by atoms with E-state index in [9.17, 15) is 14.0 Å². The van der Waals surface area contributed by atoms with E-state index in [-0.39, 0.29) is 30.1 Å². The molecule has 0 aliphatic carbocycles. The highest BCUT2D eigenvalue weighted by molar-refractivity contribution is 5.97. The van der Waals surface area contributed by atoms with E-state index in [1.807, 2.05) is 26.0 Å². The lowest BCUT2D eigenvalue weighted by molar-refractivity contribution is -0.129. The molecule has 1 aliphatic heterocycles. The number of anilines is 1. The van der Waals surface area contributed by atoms with Crippen LogP contribution in [-0.2, 0) is 9.59 Å². The van der Waals surface area contributed by atoms with Crippen molar-refractivity contribution in [3.63, 3.8) is 0 Å². The van der Waals surface area contributed by atoms with Gasteiger partial charge in [-0.2, -0.15) is 0 Å². The van der Waals surface area contributed by atoms with Gasteiger partial charge in [0.15, 0.2) is 0 Å². The molecule has 0 saturated carbocycles. The van der Waals surface area contributed by atoms with E-state index < -0.39 is 12.0 Å². The summed E-state index contributed by atoms with van der Waals surface area (Å²) < 4.78 is 18.7. The van der Waals surface area contributed by atoms with Crippen LogP contribution in [0.4, 0.5) is 10.1 Å². The SMILES string of the molecule is CCC(C)NC(=O)C1CCC(=O)N(c2ccc(OC)cc2)C1c1ccc(F)cc1. The van der Waals surface area contributed by atoms with Crippen molar-refractivity contribution in [2.24, 2.45) is 5.92 Å². The van der Waals surface area contributed by atoms with E-state index in [4.69, 9.17) is 4.74 Å². The second kappa shape index (κ2) is 9.07. The highest BCUT2D eigenvalue weighted by atomic mass is 19.1. The average Bonchev–Trinajstić information content (AvgIpc) is 2.74. The molecule has 0 spiro atoms. The van der Waals surface area contributed by atoms with Gasteiger partial charge in [0, 0.05) is 18.2 Å². The van der Waals surface area contributed by atoms with Gasteiger partial charge in [-0.1, -0.05) is 19.1 Å². The number of amides is 2. The van der Waals surface area contributed by atoms with Crippen molar-refractivity contribution in [2.45, 2.75) is 45.2 Å². The first-order valence-corrected chi connectivity index (χ1v) is 9.96. The number of hydrogen-bond acceptors (Lipinski definition) is 3. The van der Waals surface area contributed by atoms with E-state index in [1.165, 1.54) is 12.1 Å². The maximum Gasteiger partial charge on any atom is 0.227 e. The summed E-state index contributed by atoms with van der Waals surface area (Å²) in [5.41, 5.74) is 1.42. The van der Waals surface area contributed by atoms with E-state index >= 15 is 0 Å². The largest absolute Gasteiger partial charge is 0.497 e. The molecule has 29 heavy (non-hydrogen) atoms. The molecule has 1 saturated heterocycles. The van der Waals surface area contributed by atoms with Crippen molar-refractivity contribution >= 4 is 17.5 Å². The zero-order chi connectivity index (χ0) is 21.0. The van der Waals surface area contributed by atoms with Crippen molar-refractivity contribution in [1.82, 2.24) is 5.32 Å². The molecule has 3 atom stereocenters. The smallest absolute Gasteiger partial charge is 0.227 e. The Balaban J connectivity index is 2.03. The van der Waals surface area contributed by atoms with Gasteiger partial charge in [-0.3, -0.25) is 9.59 Å². The summed E-state index contributed by atoms with van der Waals surface area (Å²) >= 11 is 0. The fourth-order valence-electron chi connectivity index (χ4n) is 3.71. The fourth-order valence-corrected chi connectivity index (χ4v) is 3.71. The van der Waals surface area contributed by atoms with Gasteiger partial charge in [0.25, 0.3) is 0 Å². The second-order valence-corrected chi connectivity index (χ2v) is 7.42. The standard InChI is InChI=1S/C23H27FN2O3/c1-4-15(2)25-23(28)20-13-14-21(27)26(18-9-11-19(29-3)12-10-18)22(20)16-5-7-17(24)8-6-16/h5-12,15,20,22H,4,13-14H2,1-3H3,(H,25,28). The van der Waals surface area contributed by atoms with Crippen LogP contribution in [0.1, 0.15) is 44.7 Å². The third-order valence-electron chi connectivity index (χ3n) is 5.50. The highest BCUT2D eigenvalue weighted by Crippen LogP contribution is 2.40. The monoisotopic (exact) mass is 398 g/mol. The zero-order valence-electron chi connectivity index (χ0n) is 17.0. The lowest BCUT2D eigenvalue weighted by Gasteiger charge is -2.41. The van der Waals surface area contributed by atoms with Crippen molar-refractivity contribution in [2.75, 3.05) is 12.0 Å². The van der Waals surface area contributed by atoms with Crippen molar-refractivity contribution in [1.29, 1.82) is 0 Å². The number of nitrogens with one attached hydrogen (secondary N) is 1. The number of hydrogen-bond donors (Lipinski definition) is 1. The van der Waals surface area contributed by atoms with E-state index in [1.54, 1.807) is 36.3 Å². The van der Waals surface area contributed by atoms with Gasteiger partial charge in [-0.25, -0.2) is 4.39 Å². The first-order valence-electron chi connectivity index (χ1n) is 9.96. The molecule has 154 valence electrons. The number of carbonyl (C=O) groups is 2. The Hall–Kier alpha value is -2.89. The normalized spacial score (nSPS) is 20.3. The Morgan fingerprint density at radius 2 is 1.86 bits per heavy atom. The van der Waals surface area contributed by atoms with Crippen LogP contribution >= 0.6 is 0 Å². The molecule has 2 amide bonds. The molecule has 0 aromatic heterocycles. The summed E-state index contributed by atoms with van der Waals surface area (Å²) in [7, 11) is 1.58. The number of ether oxygens (including phenoxy) is 1. The van der Waals surface area contributed by atoms with Gasteiger partial charge in [0.2, 0.25) is 11.8 Å². The van der Waals surface area contributed by atoms with Crippen LogP contribution in [0.3, 0.4) is 0 Å². The van der Waals surface area contributed by atoms with E-state index in [0.29, 0.717) is 17.9 Å². The van der Waals surface area contributed by atoms with E-state index in [0.717, 1.165) is 12.0 Å².